The third-order valence-electron chi connectivity index (χ3n) is 3.02. The van der Waals surface area contributed by atoms with Gasteiger partial charge in [0.25, 0.3) is 0 Å². The van der Waals surface area contributed by atoms with Crippen LogP contribution in [0.2, 0.25) is 0 Å². The Bertz CT molecular complexity index is 397. The number of aliphatic hydroxyl groups is 1. The molecule has 0 aliphatic heterocycles. The minimum atomic E-state index is -1.35. The molecule has 0 saturated heterocycles. The van der Waals surface area contributed by atoms with Gasteiger partial charge >= 0.3 is 5.97 Å². The van der Waals surface area contributed by atoms with E-state index in [1.807, 2.05) is 0 Å². The van der Waals surface area contributed by atoms with Gasteiger partial charge in [-0.1, -0.05) is 12.1 Å². The van der Waals surface area contributed by atoms with Crippen molar-refractivity contribution in [2.45, 2.75) is 24.9 Å². The number of aliphatic carboxylic acids is 1. The zero-order valence-corrected chi connectivity index (χ0v) is 8.69. The van der Waals surface area contributed by atoms with Gasteiger partial charge in [0.2, 0.25) is 0 Å². The van der Waals surface area contributed by atoms with Gasteiger partial charge in [-0.3, -0.25) is 4.79 Å². The molecular weight excluding hydrogens is 211 g/mol. The van der Waals surface area contributed by atoms with Gasteiger partial charge < -0.3 is 10.2 Å². The number of carbonyl (C=O) groups is 1. The lowest BCUT2D eigenvalue weighted by atomic mass is 9.86. The summed E-state index contributed by atoms with van der Waals surface area (Å²) < 4.78 is 12.8. The minimum absolute atomic E-state index is 0.0194. The predicted octanol–water partition coefficient (Wildman–Crippen LogP) is 1.90. The van der Waals surface area contributed by atoms with Gasteiger partial charge in [-0.25, -0.2) is 4.39 Å². The van der Waals surface area contributed by atoms with Crippen LogP contribution in [0.15, 0.2) is 24.3 Å². The Kier molecular flexibility index (Phi) is 2.68. The van der Waals surface area contributed by atoms with E-state index in [0.717, 1.165) is 12.8 Å². The Hall–Kier alpha value is -1.42. The second-order valence-electron chi connectivity index (χ2n) is 4.28. The largest absolute Gasteiger partial charge is 0.481 e. The molecule has 1 aromatic carbocycles. The Morgan fingerprint density at radius 1 is 1.38 bits per heavy atom. The Morgan fingerprint density at radius 2 is 1.94 bits per heavy atom. The fourth-order valence-electron chi connectivity index (χ4n) is 2.01. The molecule has 1 fully saturated rings. The Balaban J connectivity index is 2.31. The predicted molar refractivity (Wildman–Crippen MR) is 55.3 cm³/mol. The van der Waals surface area contributed by atoms with E-state index in [-0.39, 0.29) is 12.3 Å². The first-order valence-corrected chi connectivity index (χ1v) is 5.22. The molecule has 2 N–H and O–H groups in total. The summed E-state index contributed by atoms with van der Waals surface area (Å²) in [5.74, 6) is -1.45. The number of hydrogen-bond acceptors (Lipinski definition) is 2. The molecule has 2 rings (SSSR count). The van der Waals surface area contributed by atoms with Gasteiger partial charge in [0.05, 0.1) is 6.42 Å². The zero-order valence-electron chi connectivity index (χ0n) is 8.69. The minimum Gasteiger partial charge on any atom is -0.481 e. The van der Waals surface area contributed by atoms with Crippen LogP contribution in [0.25, 0.3) is 0 Å². The molecule has 3 nitrogen and oxygen atoms in total. The summed E-state index contributed by atoms with van der Waals surface area (Å²) >= 11 is 0. The number of carboxylic acids is 1. The van der Waals surface area contributed by atoms with Gasteiger partial charge in [0, 0.05) is 0 Å². The number of halogens is 1. The first-order chi connectivity index (χ1) is 7.52. The molecular formula is C12H13FO3. The molecule has 16 heavy (non-hydrogen) atoms. The molecule has 1 atom stereocenters. The van der Waals surface area contributed by atoms with Crippen molar-refractivity contribution in [2.75, 3.05) is 0 Å². The van der Waals surface area contributed by atoms with Crippen molar-refractivity contribution in [3.63, 3.8) is 0 Å². The maximum atomic E-state index is 12.8. The molecule has 1 saturated carbocycles. The van der Waals surface area contributed by atoms with E-state index in [0.29, 0.717) is 5.56 Å². The first kappa shape index (κ1) is 11.1. The molecule has 0 heterocycles. The van der Waals surface area contributed by atoms with Gasteiger partial charge in [-0.15, -0.1) is 0 Å². The van der Waals surface area contributed by atoms with E-state index in [4.69, 9.17) is 5.11 Å². The summed E-state index contributed by atoms with van der Waals surface area (Å²) in [4.78, 5) is 10.8. The lowest BCUT2D eigenvalue weighted by molar-refractivity contribution is -0.144. The Morgan fingerprint density at radius 3 is 2.38 bits per heavy atom. The SMILES string of the molecule is O=C(O)CC(O)(c1ccc(F)cc1)C1CC1. The second kappa shape index (κ2) is 3.87. The monoisotopic (exact) mass is 224 g/mol. The first-order valence-electron chi connectivity index (χ1n) is 5.22. The molecule has 1 aliphatic carbocycles. The summed E-state index contributed by atoms with van der Waals surface area (Å²) in [6.07, 6.45) is 1.31. The lowest BCUT2D eigenvalue weighted by Crippen LogP contribution is -2.31. The molecule has 0 radical (unpaired) electrons. The molecule has 0 amide bonds. The average Bonchev–Trinajstić information content (AvgIpc) is 3.00. The summed E-state index contributed by atoms with van der Waals surface area (Å²) in [5.41, 5.74) is -0.863. The number of hydrogen-bond donors (Lipinski definition) is 2. The van der Waals surface area contributed by atoms with Crippen LogP contribution in [-0.2, 0) is 10.4 Å². The average molecular weight is 224 g/mol. The highest BCUT2D eigenvalue weighted by Crippen LogP contribution is 2.47. The summed E-state index contributed by atoms with van der Waals surface area (Å²) in [7, 11) is 0. The van der Waals surface area contributed by atoms with Crippen LogP contribution in [0.1, 0.15) is 24.8 Å². The van der Waals surface area contributed by atoms with Crippen molar-refractivity contribution in [1.29, 1.82) is 0 Å². The summed E-state index contributed by atoms with van der Waals surface area (Å²) in [6, 6.07) is 5.39. The molecule has 1 aromatic rings. The molecule has 1 unspecified atom stereocenters. The van der Waals surface area contributed by atoms with E-state index < -0.39 is 17.4 Å². The van der Waals surface area contributed by atoms with E-state index in [2.05, 4.69) is 0 Å². The highest BCUT2D eigenvalue weighted by molar-refractivity contribution is 5.68. The maximum Gasteiger partial charge on any atom is 0.306 e. The molecule has 86 valence electrons. The van der Waals surface area contributed by atoms with Crippen molar-refractivity contribution < 1.29 is 19.4 Å². The second-order valence-corrected chi connectivity index (χ2v) is 4.28. The van der Waals surface area contributed by atoms with E-state index in [9.17, 15) is 14.3 Å². The van der Waals surface area contributed by atoms with Gasteiger partial charge in [0.1, 0.15) is 11.4 Å². The van der Waals surface area contributed by atoms with Crippen molar-refractivity contribution in [2.24, 2.45) is 5.92 Å². The van der Waals surface area contributed by atoms with Crippen LogP contribution in [0.3, 0.4) is 0 Å². The van der Waals surface area contributed by atoms with Gasteiger partial charge in [0.15, 0.2) is 0 Å². The Labute approximate surface area is 92.5 Å². The molecule has 4 heteroatoms. The van der Waals surface area contributed by atoms with Crippen LogP contribution < -0.4 is 0 Å². The third kappa shape index (κ3) is 2.07. The van der Waals surface area contributed by atoms with Crippen LogP contribution in [-0.4, -0.2) is 16.2 Å². The quantitative estimate of drug-likeness (QED) is 0.821. The summed E-state index contributed by atoms with van der Waals surface area (Å²) in [6.45, 7) is 0. The summed E-state index contributed by atoms with van der Waals surface area (Å²) in [5, 5.41) is 19.2. The fourth-order valence-corrected chi connectivity index (χ4v) is 2.01. The maximum absolute atomic E-state index is 12.8. The van der Waals surface area contributed by atoms with Crippen molar-refractivity contribution in [1.82, 2.24) is 0 Å². The molecule has 0 bridgehead atoms. The van der Waals surface area contributed by atoms with E-state index in [1.54, 1.807) is 0 Å². The van der Waals surface area contributed by atoms with Crippen LogP contribution in [0.5, 0.6) is 0 Å². The topological polar surface area (TPSA) is 57.5 Å². The van der Waals surface area contributed by atoms with Gasteiger partial charge in [-0.05, 0) is 36.5 Å². The number of rotatable bonds is 4. The number of benzene rings is 1. The van der Waals surface area contributed by atoms with Crippen LogP contribution in [0, 0.1) is 11.7 Å². The highest BCUT2D eigenvalue weighted by Gasteiger charge is 2.46. The normalized spacial score (nSPS) is 19.1. The zero-order chi connectivity index (χ0) is 11.8. The van der Waals surface area contributed by atoms with E-state index in [1.165, 1.54) is 24.3 Å². The lowest BCUT2D eigenvalue weighted by Gasteiger charge is -2.27. The molecule has 0 aromatic heterocycles. The molecule has 1 aliphatic rings. The highest BCUT2D eigenvalue weighted by atomic mass is 19.1. The fraction of sp³-hybridized carbons (Fsp3) is 0.417. The van der Waals surface area contributed by atoms with Gasteiger partial charge in [-0.2, -0.15) is 0 Å². The standard InChI is InChI=1S/C12H13FO3/c13-10-5-3-9(4-6-10)12(16,7-11(14)15)8-1-2-8/h3-6,8,16H,1-2,7H2,(H,14,15). The van der Waals surface area contributed by atoms with Crippen LogP contribution >= 0.6 is 0 Å². The van der Waals surface area contributed by atoms with Crippen molar-refractivity contribution >= 4 is 5.97 Å². The van der Waals surface area contributed by atoms with Crippen molar-refractivity contribution in [3.8, 4) is 0 Å². The van der Waals surface area contributed by atoms with Crippen LogP contribution in [0.4, 0.5) is 4.39 Å². The van der Waals surface area contributed by atoms with Crippen molar-refractivity contribution in [3.05, 3.63) is 35.6 Å². The number of carboxylic acid groups (broad SMARTS) is 1. The molecule has 0 spiro atoms. The smallest absolute Gasteiger partial charge is 0.306 e. The van der Waals surface area contributed by atoms with E-state index >= 15 is 0 Å². The third-order valence-corrected chi connectivity index (χ3v) is 3.02.